The highest BCUT2D eigenvalue weighted by atomic mass is 32.2. The van der Waals surface area contributed by atoms with E-state index < -0.39 is 21.8 Å². The molecule has 178 valence electrons. The fourth-order valence-corrected chi connectivity index (χ4v) is 4.18. The number of nitrogens with zero attached hydrogens (tertiary/aromatic N) is 1. The zero-order valence-electron chi connectivity index (χ0n) is 19.0. The summed E-state index contributed by atoms with van der Waals surface area (Å²) in [4.78, 5) is 25.5. The molecule has 0 aliphatic carbocycles. The van der Waals surface area contributed by atoms with Gasteiger partial charge < -0.3 is 14.4 Å². The molecule has 3 aromatic rings. The zero-order valence-corrected chi connectivity index (χ0v) is 19.8. The highest BCUT2D eigenvalue weighted by molar-refractivity contribution is 7.87. The molecule has 0 spiro atoms. The first-order chi connectivity index (χ1) is 16.1. The van der Waals surface area contributed by atoms with E-state index in [1.54, 1.807) is 18.2 Å². The molecule has 0 heterocycles. The van der Waals surface area contributed by atoms with Gasteiger partial charge in [-0.25, -0.2) is 4.39 Å². The molecule has 0 fully saturated rings. The maximum absolute atomic E-state index is 14.1. The van der Waals surface area contributed by atoms with Crippen LogP contribution < -0.4 is 9.50 Å². The van der Waals surface area contributed by atoms with Crippen LogP contribution in [0.2, 0.25) is 0 Å². The van der Waals surface area contributed by atoms with E-state index in [2.05, 4.69) is 5.32 Å². The van der Waals surface area contributed by atoms with Gasteiger partial charge in [0.15, 0.2) is 0 Å². The molecule has 0 unspecified atom stereocenters. The van der Waals surface area contributed by atoms with Crippen LogP contribution in [0.5, 0.6) is 5.75 Å². The van der Waals surface area contributed by atoms with Crippen molar-refractivity contribution in [1.29, 1.82) is 0 Å². The average molecular weight is 485 g/mol. The van der Waals surface area contributed by atoms with Crippen LogP contribution in [0.3, 0.4) is 0 Å². The summed E-state index contributed by atoms with van der Waals surface area (Å²) in [6, 6.07) is 17.5. The molecular weight excluding hydrogens is 459 g/mol. The minimum atomic E-state index is -4.13. The Morgan fingerprint density at radius 3 is 2.29 bits per heavy atom. The summed E-state index contributed by atoms with van der Waals surface area (Å²) in [5.74, 6) is -1.27. The van der Waals surface area contributed by atoms with Gasteiger partial charge in [-0.15, -0.1) is 0 Å². The van der Waals surface area contributed by atoms with Crippen LogP contribution >= 0.6 is 0 Å². The smallest absolute Gasteiger partial charge is 0.339 e. The summed E-state index contributed by atoms with van der Waals surface area (Å²) < 4.78 is 44.8. The summed E-state index contributed by atoms with van der Waals surface area (Å²) in [7, 11) is -4.13. The maximum atomic E-state index is 14.1. The predicted molar refractivity (Wildman–Crippen MR) is 126 cm³/mol. The van der Waals surface area contributed by atoms with E-state index >= 15 is 0 Å². The average Bonchev–Trinajstić information content (AvgIpc) is 2.77. The minimum Gasteiger partial charge on any atom is -0.379 e. The first kappa shape index (κ1) is 24.9. The van der Waals surface area contributed by atoms with Gasteiger partial charge in [-0.2, -0.15) is 8.42 Å². The Labute approximate surface area is 198 Å². The number of anilines is 1. The molecule has 34 heavy (non-hydrogen) atoms. The normalized spacial score (nSPS) is 11.2. The van der Waals surface area contributed by atoms with Gasteiger partial charge in [-0.3, -0.25) is 9.59 Å². The fourth-order valence-electron chi connectivity index (χ4n) is 3.25. The van der Waals surface area contributed by atoms with E-state index in [1.807, 2.05) is 13.8 Å². The molecule has 7 nitrogen and oxygen atoms in total. The summed E-state index contributed by atoms with van der Waals surface area (Å²) in [6.07, 6.45) is 0. The Balaban J connectivity index is 1.79. The second-order valence-electron chi connectivity index (χ2n) is 7.90. The van der Waals surface area contributed by atoms with Crippen molar-refractivity contribution in [2.75, 3.05) is 5.32 Å². The van der Waals surface area contributed by atoms with E-state index in [-0.39, 0.29) is 34.7 Å². The molecule has 1 N–H and O–H groups in total. The van der Waals surface area contributed by atoms with Crippen LogP contribution in [0.25, 0.3) is 0 Å². The lowest BCUT2D eigenvalue weighted by molar-refractivity contribution is -0.114. The lowest BCUT2D eigenvalue weighted by Gasteiger charge is -2.27. The number of nitrogens with one attached hydrogen (secondary N) is 1. The van der Waals surface area contributed by atoms with Gasteiger partial charge >= 0.3 is 10.1 Å². The van der Waals surface area contributed by atoms with Crippen molar-refractivity contribution in [2.45, 2.75) is 38.3 Å². The Bertz CT molecular complexity index is 1290. The number of hydrogen-bond acceptors (Lipinski definition) is 5. The molecule has 0 aromatic heterocycles. The first-order valence-electron chi connectivity index (χ1n) is 10.5. The summed E-state index contributed by atoms with van der Waals surface area (Å²) in [5, 5.41) is 2.56. The molecule has 0 saturated heterocycles. The van der Waals surface area contributed by atoms with Crippen LogP contribution in [0.15, 0.2) is 77.7 Å². The third-order valence-corrected chi connectivity index (χ3v) is 6.17. The molecule has 0 aliphatic heterocycles. The minimum absolute atomic E-state index is 0.0334. The number of hydrogen-bond donors (Lipinski definition) is 1. The quantitative estimate of drug-likeness (QED) is 0.472. The summed E-state index contributed by atoms with van der Waals surface area (Å²) in [5.41, 5.74) is 1.04. The zero-order chi connectivity index (χ0) is 24.9. The Kier molecular flexibility index (Phi) is 7.68. The van der Waals surface area contributed by atoms with Crippen molar-refractivity contribution in [3.63, 3.8) is 0 Å². The molecule has 2 amide bonds. The van der Waals surface area contributed by atoms with Crippen molar-refractivity contribution < 1.29 is 26.6 Å². The van der Waals surface area contributed by atoms with E-state index in [0.717, 1.165) is 0 Å². The number of amides is 2. The highest BCUT2D eigenvalue weighted by Crippen LogP contribution is 2.23. The van der Waals surface area contributed by atoms with Crippen molar-refractivity contribution in [1.82, 2.24) is 4.90 Å². The molecule has 3 aromatic carbocycles. The Hall–Kier alpha value is -3.72. The molecule has 0 radical (unpaired) electrons. The van der Waals surface area contributed by atoms with Gasteiger partial charge in [0.2, 0.25) is 5.91 Å². The molecule has 0 saturated carbocycles. The molecule has 3 rings (SSSR count). The maximum Gasteiger partial charge on any atom is 0.339 e. The topological polar surface area (TPSA) is 92.8 Å². The van der Waals surface area contributed by atoms with E-state index in [4.69, 9.17) is 4.18 Å². The van der Waals surface area contributed by atoms with Crippen molar-refractivity contribution in [3.8, 4) is 5.75 Å². The Morgan fingerprint density at radius 1 is 1.00 bits per heavy atom. The van der Waals surface area contributed by atoms with Gasteiger partial charge in [0, 0.05) is 25.2 Å². The van der Waals surface area contributed by atoms with Crippen LogP contribution in [0.4, 0.5) is 10.1 Å². The van der Waals surface area contributed by atoms with Gasteiger partial charge in [-0.1, -0.05) is 24.3 Å². The number of halogens is 1. The Morgan fingerprint density at radius 2 is 1.68 bits per heavy atom. The number of rotatable bonds is 8. The van der Waals surface area contributed by atoms with Crippen LogP contribution in [0.1, 0.15) is 36.7 Å². The third kappa shape index (κ3) is 6.20. The van der Waals surface area contributed by atoms with Crippen LogP contribution in [-0.2, 0) is 21.5 Å². The summed E-state index contributed by atoms with van der Waals surface area (Å²) >= 11 is 0. The van der Waals surface area contributed by atoms with Crippen molar-refractivity contribution in [3.05, 3.63) is 89.7 Å². The molecule has 0 bridgehead atoms. The van der Waals surface area contributed by atoms with E-state index in [0.29, 0.717) is 11.3 Å². The SMILES string of the molecule is CC(=O)Nc1ccc(S(=O)(=O)Oc2cccc(CN(C(=O)c3ccccc3F)C(C)C)c2)cc1. The highest BCUT2D eigenvalue weighted by Gasteiger charge is 2.22. The molecular formula is C25H25FN2O5S. The molecule has 0 atom stereocenters. The first-order valence-corrected chi connectivity index (χ1v) is 11.9. The monoisotopic (exact) mass is 484 g/mol. The number of benzene rings is 3. The fraction of sp³-hybridized carbons (Fsp3) is 0.200. The predicted octanol–water partition coefficient (Wildman–Crippen LogP) is 4.60. The summed E-state index contributed by atoms with van der Waals surface area (Å²) in [6.45, 7) is 5.11. The second-order valence-corrected chi connectivity index (χ2v) is 9.44. The largest absolute Gasteiger partial charge is 0.379 e. The lowest BCUT2D eigenvalue weighted by Crippen LogP contribution is -2.36. The van der Waals surface area contributed by atoms with E-state index in [1.165, 1.54) is 66.4 Å². The van der Waals surface area contributed by atoms with E-state index in [9.17, 15) is 22.4 Å². The molecule has 9 heteroatoms. The van der Waals surface area contributed by atoms with Gasteiger partial charge in [0.25, 0.3) is 5.91 Å². The van der Waals surface area contributed by atoms with Crippen molar-refractivity contribution in [2.24, 2.45) is 0 Å². The number of carbonyl (C=O) groups is 2. The standard InChI is InChI=1S/C25H25FN2O5S/c1-17(2)28(25(30)23-9-4-5-10-24(23)26)16-19-7-6-8-21(15-19)33-34(31,32)22-13-11-20(12-14-22)27-18(3)29/h4-15,17H,16H2,1-3H3,(H,27,29). The van der Waals surface area contributed by atoms with Gasteiger partial charge in [-0.05, 0) is 67.9 Å². The van der Waals surface area contributed by atoms with Crippen LogP contribution in [-0.4, -0.2) is 31.2 Å². The van der Waals surface area contributed by atoms with Gasteiger partial charge in [0.1, 0.15) is 16.5 Å². The van der Waals surface area contributed by atoms with Crippen LogP contribution in [0, 0.1) is 5.82 Å². The lowest BCUT2D eigenvalue weighted by atomic mass is 10.1. The third-order valence-electron chi connectivity index (χ3n) is 4.91. The number of carbonyl (C=O) groups excluding carboxylic acids is 2. The molecule has 0 aliphatic rings. The second kappa shape index (κ2) is 10.5. The van der Waals surface area contributed by atoms with Gasteiger partial charge in [0.05, 0.1) is 5.56 Å². The van der Waals surface area contributed by atoms with Crippen molar-refractivity contribution >= 4 is 27.6 Å².